The van der Waals surface area contributed by atoms with Crippen molar-refractivity contribution in [3.63, 3.8) is 0 Å². The average molecular weight is 425 g/mol. The minimum atomic E-state index is -0.420. The van der Waals surface area contributed by atoms with Gasteiger partial charge in [-0.05, 0) is 48.4 Å². The number of benzene rings is 2. The maximum Gasteiger partial charge on any atom is 0.319 e. The number of carbonyl (C=O) groups is 2. The molecular weight excluding hydrogens is 392 g/mol. The SMILES string of the molecule is CO[C@@H]1Cc2ccc(C(N)=O)cc2C(C)(C)[C@H]1NCCCNC(=O)Nc1ccccc1. The van der Waals surface area contributed by atoms with Crippen LogP contribution in [-0.4, -0.2) is 44.3 Å². The Bertz CT molecular complexity index is 914. The summed E-state index contributed by atoms with van der Waals surface area (Å²) in [6.07, 6.45) is 1.56. The maximum atomic E-state index is 12.0. The van der Waals surface area contributed by atoms with E-state index >= 15 is 0 Å². The lowest BCUT2D eigenvalue weighted by Gasteiger charge is -2.45. The predicted octanol–water partition coefficient (Wildman–Crippen LogP) is 2.80. The van der Waals surface area contributed by atoms with E-state index in [-0.39, 0.29) is 23.6 Å². The summed E-state index contributed by atoms with van der Waals surface area (Å²) in [5, 5.41) is 9.30. The lowest BCUT2D eigenvalue weighted by Crippen LogP contribution is -2.57. The zero-order chi connectivity index (χ0) is 22.4. The van der Waals surface area contributed by atoms with Crippen molar-refractivity contribution in [3.05, 3.63) is 65.2 Å². The number of methoxy groups -OCH3 is 1. The molecule has 0 fully saturated rings. The molecule has 0 saturated carbocycles. The number of ether oxygens (including phenoxy) is 1. The second kappa shape index (κ2) is 9.94. The number of nitrogens with two attached hydrogens (primary N) is 1. The van der Waals surface area contributed by atoms with Crippen molar-refractivity contribution in [3.8, 4) is 0 Å². The number of anilines is 1. The number of fused-ring (bicyclic) bond motifs is 1. The predicted molar refractivity (Wildman–Crippen MR) is 122 cm³/mol. The van der Waals surface area contributed by atoms with Gasteiger partial charge < -0.3 is 26.4 Å². The summed E-state index contributed by atoms with van der Waals surface area (Å²) in [6.45, 7) is 5.60. The number of primary amides is 1. The fourth-order valence-corrected chi connectivity index (χ4v) is 4.33. The Morgan fingerprint density at radius 3 is 2.55 bits per heavy atom. The molecule has 0 spiro atoms. The summed E-state index contributed by atoms with van der Waals surface area (Å²) in [7, 11) is 1.73. The van der Waals surface area contributed by atoms with Crippen molar-refractivity contribution >= 4 is 17.6 Å². The van der Waals surface area contributed by atoms with Crippen LogP contribution in [0.25, 0.3) is 0 Å². The van der Waals surface area contributed by atoms with E-state index in [1.54, 1.807) is 13.2 Å². The van der Waals surface area contributed by atoms with Crippen molar-refractivity contribution in [2.75, 3.05) is 25.5 Å². The highest BCUT2D eigenvalue weighted by Crippen LogP contribution is 2.38. The lowest BCUT2D eigenvalue weighted by molar-refractivity contribution is 0.0356. The smallest absolute Gasteiger partial charge is 0.319 e. The minimum Gasteiger partial charge on any atom is -0.379 e. The molecule has 7 nitrogen and oxygen atoms in total. The van der Waals surface area contributed by atoms with Gasteiger partial charge in [0, 0.05) is 42.8 Å². The summed E-state index contributed by atoms with van der Waals surface area (Å²) in [6, 6.07) is 14.9. The van der Waals surface area contributed by atoms with E-state index in [0.717, 1.165) is 30.6 Å². The molecule has 2 atom stereocenters. The second-order valence-electron chi connectivity index (χ2n) is 8.47. The molecular formula is C24H32N4O3. The van der Waals surface area contributed by atoms with Crippen LogP contribution in [-0.2, 0) is 16.6 Å². The van der Waals surface area contributed by atoms with Gasteiger partial charge in [0.25, 0.3) is 0 Å². The first-order valence-electron chi connectivity index (χ1n) is 10.6. The van der Waals surface area contributed by atoms with E-state index in [0.29, 0.717) is 12.1 Å². The van der Waals surface area contributed by atoms with Crippen molar-refractivity contribution < 1.29 is 14.3 Å². The summed E-state index contributed by atoms with van der Waals surface area (Å²) < 4.78 is 5.80. The molecule has 166 valence electrons. The summed E-state index contributed by atoms with van der Waals surface area (Å²) in [5.41, 5.74) is 8.83. The van der Waals surface area contributed by atoms with Gasteiger partial charge in [-0.15, -0.1) is 0 Å². The Balaban J connectivity index is 1.56. The highest BCUT2D eigenvalue weighted by atomic mass is 16.5. The number of rotatable bonds is 8. The quantitative estimate of drug-likeness (QED) is 0.489. The van der Waals surface area contributed by atoms with Crippen LogP contribution < -0.4 is 21.7 Å². The molecule has 2 aromatic carbocycles. The zero-order valence-electron chi connectivity index (χ0n) is 18.4. The van der Waals surface area contributed by atoms with Gasteiger partial charge >= 0.3 is 6.03 Å². The van der Waals surface area contributed by atoms with Gasteiger partial charge in [-0.25, -0.2) is 4.79 Å². The number of hydrogen-bond donors (Lipinski definition) is 4. The number of urea groups is 1. The van der Waals surface area contributed by atoms with Gasteiger partial charge in [0.1, 0.15) is 0 Å². The molecule has 0 heterocycles. The largest absolute Gasteiger partial charge is 0.379 e. The molecule has 5 N–H and O–H groups in total. The van der Waals surface area contributed by atoms with Crippen LogP contribution in [0.5, 0.6) is 0 Å². The molecule has 31 heavy (non-hydrogen) atoms. The summed E-state index contributed by atoms with van der Waals surface area (Å²) >= 11 is 0. The average Bonchev–Trinajstić information content (AvgIpc) is 2.75. The first-order chi connectivity index (χ1) is 14.8. The topological polar surface area (TPSA) is 105 Å². The van der Waals surface area contributed by atoms with Gasteiger partial charge in [-0.2, -0.15) is 0 Å². The van der Waals surface area contributed by atoms with Crippen molar-refractivity contribution in [1.29, 1.82) is 0 Å². The first kappa shape index (κ1) is 22.8. The monoisotopic (exact) mass is 424 g/mol. The van der Waals surface area contributed by atoms with E-state index < -0.39 is 5.91 Å². The highest BCUT2D eigenvalue weighted by molar-refractivity contribution is 5.93. The number of amides is 3. The van der Waals surface area contributed by atoms with Crippen LogP contribution in [0.2, 0.25) is 0 Å². The molecule has 2 aromatic rings. The van der Waals surface area contributed by atoms with E-state index in [2.05, 4.69) is 29.8 Å². The van der Waals surface area contributed by atoms with E-state index in [1.165, 1.54) is 5.56 Å². The van der Waals surface area contributed by atoms with Crippen molar-refractivity contribution in [2.45, 2.75) is 44.2 Å². The molecule has 3 amide bonds. The Morgan fingerprint density at radius 1 is 1.13 bits per heavy atom. The van der Waals surface area contributed by atoms with Gasteiger partial charge in [0.15, 0.2) is 0 Å². The Kier molecular flexibility index (Phi) is 7.30. The van der Waals surface area contributed by atoms with E-state index in [4.69, 9.17) is 10.5 Å². The maximum absolute atomic E-state index is 12.0. The molecule has 7 heteroatoms. The van der Waals surface area contributed by atoms with E-state index in [1.807, 2.05) is 42.5 Å². The number of nitrogens with one attached hydrogen (secondary N) is 3. The van der Waals surface area contributed by atoms with Gasteiger partial charge in [-0.1, -0.05) is 38.1 Å². The molecule has 0 saturated heterocycles. The normalized spacial score (nSPS) is 19.3. The highest BCUT2D eigenvalue weighted by Gasteiger charge is 2.42. The van der Waals surface area contributed by atoms with Crippen molar-refractivity contribution in [1.82, 2.24) is 10.6 Å². The third kappa shape index (κ3) is 5.42. The first-order valence-corrected chi connectivity index (χ1v) is 10.6. The van der Waals surface area contributed by atoms with Crippen LogP contribution in [0, 0.1) is 0 Å². The lowest BCUT2D eigenvalue weighted by atomic mass is 9.67. The van der Waals surface area contributed by atoms with Gasteiger partial charge in [0.05, 0.1) is 6.10 Å². The van der Waals surface area contributed by atoms with E-state index in [9.17, 15) is 9.59 Å². The van der Waals surface area contributed by atoms with Gasteiger partial charge in [-0.3, -0.25) is 4.79 Å². The molecule has 0 bridgehead atoms. The van der Waals surface area contributed by atoms with Crippen molar-refractivity contribution in [2.24, 2.45) is 5.73 Å². The molecule has 1 aliphatic carbocycles. The Morgan fingerprint density at radius 2 is 1.87 bits per heavy atom. The standard InChI is InChI=1S/C24H32N4O3/c1-24(2)19-14-17(22(25)29)11-10-16(19)15-20(31-3)21(24)26-12-7-13-27-23(30)28-18-8-5-4-6-9-18/h4-6,8-11,14,20-21,26H,7,12-13,15H2,1-3H3,(H2,25,29)(H2,27,28,30)/t20-,21+/m1/s1. The molecule has 0 aromatic heterocycles. The molecule has 0 radical (unpaired) electrons. The third-order valence-electron chi connectivity index (χ3n) is 6.00. The summed E-state index contributed by atoms with van der Waals surface area (Å²) in [5.74, 6) is -0.420. The minimum absolute atomic E-state index is 0.0104. The van der Waals surface area contributed by atoms with Crippen LogP contribution in [0.3, 0.4) is 0 Å². The number of hydrogen-bond acceptors (Lipinski definition) is 4. The number of para-hydroxylation sites is 1. The summed E-state index contributed by atoms with van der Waals surface area (Å²) in [4.78, 5) is 23.7. The number of carbonyl (C=O) groups excluding carboxylic acids is 2. The van der Waals surface area contributed by atoms with Crippen LogP contribution in [0.1, 0.15) is 41.8 Å². The molecule has 3 rings (SSSR count). The Labute approximate surface area is 183 Å². The fraction of sp³-hybridized carbons (Fsp3) is 0.417. The molecule has 1 aliphatic rings. The zero-order valence-corrected chi connectivity index (χ0v) is 18.4. The van der Waals surface area contributed by atoms with Gasteiger partial charge in [0.2, 0.25) is 5.91 Å². The van der Waals surface area contributed by atoms with Crippen LogP contribution >= 0.6 is 0 Å². The molecule has 0 aliphatic heterocycles. The fourth-order valence-electron chi connectivity index (χ4n) is 4.33. The second-order valence-corrected chi connectivity index (χ2v) is 8.47. The van der Waals surface area contributed by atoms with Crippen LogP contribution in [0.15, 0.2) is 48.5 Å². The third-order valence-corrected chi connectivity index (χ3v) is 6.00. The molecule has 0 unspecified atom stereocenters. The van der Waals surface area contributed by atoms with Crippen LogP contribution in [0.4, 0.5) is 10.5 Å². The Hall–Kier alpha value is -2.90.